The normalized spacial score (nSPS) is 11.8. The van der Waals surface area contributed by atoms with E-state index < -0.39 is 10.3 Å². The minimum Gasteiger partial charge on any atom is -0.258 e. The first kappa shape index (κ1) is 10.9. The summed E-state index contributed by atoms with van der Waals surface area (Å²) in [6.07, 6.45) is 2.85. The van der Waals surface area contributed by atoms with Crippen molar-refractivity contribution in [3.05, 3.63) is 0 Å². The molecule has 0 rings (SSSR count). The summed E-state index contributed by atoms with van der Waals surface area (Å²) in [5, 5.41) is 0. The first-order valence-electron chi connectivity index (χ1n) is 3.70. The van der Waals surface area contributed by atoms with Gasteiger partial charge in [0.05, 0.1) is 6.61 Å². The van der Waals surface area contributed by atoms with Crippen molar-refractivity contribution in [2.75, 3.05) is 13.7 Å². The lowest BCUT2D eigenvalue weighted by molar-refractivity contribution is 0.303. The number of rotatable bonds is 6. The molecule has 0 atom stereocenters. The van der Waals surface area contributed by atoms with Gasteiger partial charge in [-0.2, -0.15) is 13.1 Å². The Morgan fingerprint density at radius 1 is 1.36 bits per heavy atom. The molecule has 0 aliphatic rings. The summed E-state index contributed by atoms with van der Waals surface area (Å²) in [6.45, 7) is 2.32. The third-order valence-electron chi connectivity index (χ3n) is 1.24. The van der Waals surface area contributed by atoms with E-state index in [1.54, 1.807) is 0 Å². The van der Waals surface area contributed by atoms with E-state index in [9.17, 15) is 8.42 Å². The molecular weight excluding hydrogens is 166 g/mol. The van der Waals surface area contributed by atoms with Crippen molar-refractivity contribution in [1.29, 1.82) is 0 Å². The molecule has 5 heteroatoms. The number of hydrogen-bond donors (Lipinski definition) is 1. The van der Waals surface area contributed by atoms with E-state index in [4.69, 9.17) is 0 Å². The third-order valence-corrected chi connectivity index (χ3v) is 2.21. The highest BCUT2D eigenvalue weighted by molar-refractivity contribution is 7.84. The van der Waals surface area contributed by atoms with Crippen LogP contribution in [0, 0.1) is 0 Å². The van der Waals surface area contributed by atoms with Crippen LogP contribution < -0.4 is 4.72 Å². The standard InChI is InChI=1S/C6H15NO3S/c1-3-4-5-6-10-11(8,9)7-2/h7H,3-6H2,1-2H3. The van der Waals surface area contributed by atoms with E-state index >= 15 is 0 Å². The molecule has 0 aromatic heterocycles. The van der Waals surface area contributed by atoms with Gasteiger partial charge in [-0.3, -0.25) is 4.18 Å². The molecule has 4 nitrogen and oxygen atoms in total. The fraction of sp³-hybridized carbons (Fsp3) is 1.00. The summed E-state index contributed by atoms with van der Waals surface area (Å²) in [5.41, 5.74) is 0. The second-order valence-corrected chi connectivity index (χ2v) is 3.74. The molecule has 0 saturated heterocycles. The maximum absolute atomic E-state index is 10.6. The third kappa shape index (κ3) is 6.28. The average Bonchev–Trinajstić information content (AvgIpc) is 1.99. The van der Waals surface area contributed by atoms with E-state index in [1.807, 2.05) is 6.92 Å². The lowest BCUT2D eigenvalue weighted by atomic mass is 10.3. The summed E-state index contributed by atoms with van der Waals surface area (Å²) in [5.74, 6) is 0. The minimum absolute atomic E-state index is 0.275. The van der Waals surface area contributed by atoms with Crippen LogP contribution in [0.5, 0.6) is 0 Å². The van der Waals surface area contributed by atoms with Crippen molar-refractivity contribution >= 4 is 10.3 Å². The summed E-state index contributed by atoms with van der Waals surface area (Å²) in [6, 6.07) is 0. The van der Waals surface area contributed by atoms with Crippen molar-refractivity contribution in [2.24, 2.45) is 0 Å². The summed E-state index contributed by atoms with van der Waals surface area (Å²) >= 11 is 0. The molecule has 0 unspecified atom stereocenters. The van der Waals surface area contributed by atoms with Crippen molar-refractivity contribution in [3.63, 3.8) is 0 Å². The van der Waals surface area contributed by atoms with Crippen LogP contribution in [-0.2, 0) is 14.5 Å². The first-order valence-corrected chi connectivity index (χ1v) is 5.11. The van der Waals surface area contributed by atoms with Gasteiger partial charge in [0.15, 0.2) is 0 Å². The fourth-order valence-electron chi connectivity index (χ4n) is 0.580. The molecule has 0 aliphatic heterocycles. The second kappa shape index (κ2) is 5.51. The minimum atomic E-state index is -3.45. The molecule has 0 spiro atoms. The summed E-state index contributed by atoms with van der Waals surface area (Å²) in [7, 11) is -2.12. The van der Waals surface area contributed by atoms with Gasteiger partial charge in [0.1, 0.15) is 0 Å². The van der Waals surface area contributed by atoms with Gasteiger partial charge in [-0.1, -0.05) is 19.8 Å². The highest BCUT2D eigenvalue weighted by Crippen LogP contribution is 1.96. The maximum Gasteiger partial charge on any atom is 0.335 e. The van der Waals surface area contributed by atoms with Crippen LogP contribution in [0.2, 0.25) is 0 Å². The van der Waals surface area contributed by atoms with E-state index in [2.05, 4.69) is 8.91 Å². The molecule has 0 aromatic rings. The van der Waals surface area contributed by atoms with Crippen molar-refractivity contribution in [3.8, 4) is 0 Å². The number of hydrogen-bond acceptors (Lipinski definition) is 3. The zero-order valence-corrected chi connectivity index (χ0v) is 7.78. The van der Waals surface area contributed by atoms with E-state index in [-0.39, 0.29) is 6.61 Å². The van der Waals surface area contributed by atoms with Crippen LogP contribution in [0.25, 0.3) is 0 Å². The highest BCUT2D eigenvalue weighted by Gasteiger charge is 2.04. The van der Waals surface area contributed by atoms with Crippen LogP contribution in [0.4, 0.5) is 0 Å². The molecule has 0 radical (unpaired) electrons. The Morgan fingerprint density at radius 2 is 2.00 bits per heavy atom. The first-order chi connectivity index (χ1) is 5.12. The van der Waals surface area contributed by atoms with E-state index in [0.717, 1.165) is 19.3 Å². The summed E-state index contributed by atoms with van der Waals surface area (Å²) in [4.78, 5) is 0. The molecular formula is C6H15NO3S. The zero-order valence-electron chi connectivity index (χ0n) is 6.96. The molecule has 0 amide bonds. The largest absolute Gasteiger partial charge is 0.335 e. The summed E-state index contributed by atoms with van der Waals surface area (Å²) < 4.78 is 27.9. The molecule has 0 heterocycles. The molecule has 0 aromatic carbocycles. The van der Waals surface area contributed by atoms with Crippen molar-refractivity contribution < 1.29 is 12.6 Å². The van der Waals surface area contributed by atoms with Gasteiger partial charge >= 0.3 is 10.3 Å². The second-order valence-electron chi connectivity index (χ2n) is 2.19. The molecule has 0 saturated carbocycles. The van der Waals surface area contributed by atoms with Crippen LogP contribution >= 0.6 is 0 Å². The lowest BCUT2D eigenvalue weighted by Crippen LogP contribution is -2.21. The zero-order chi connectivity index (χ0) is 8.74. The van der Waals surface area contributed by atoms with Gasteiger partial charge < -0.3 is 0 Å². The molecule has 68 valence electrons. The van der Waals surface area contributed by atoms with Gasteiger partial charge in [-0.25, -0.2) is 0 Å². The van der Waals surface area contributed by atoms with Crippen LogP contribution in [-0.4, -0.2) is 22.1 Å². The highest BCUT2D eigenvalue weighted by atomic mass is 32.2. The average molecular weight is 181 g/mol. The van der Waals surface area contributed by atoms with Crippen molar-refractivity contribution in [2.45, 2.75) is 26.2 Å². The predicted octanol–water partition coefficient (Wildman–Crippen LogP) is 0.657. The quantitative estimate of drug-likeness (QED) is 0.612. The molecule has 0 fully saturated rings. The van der Waals surface area contributed by atoms with Gasteiger partial charge in [0.25, 0.3) is 0 Å². The van der Waals surface area contributed by atoms with Crippen LogP contribution in [0.3, 0.4) is 0 Å². The van der Waals surface area contributed by atoms with Gasteiger partial charge in [0, 0.05) is 7.05 Å². The fourth-order valence-corrected chi connectivity index (χ4v) is 1.03. The Hall–Kier alpha value is -0.130. The number of unbranched alkanes of at least 4 members (excludes halogenated alkanes) is 2. The van der Waals surface area contributed by atoms with E-state index in [1.165, 1.54) is 7.05 Å². The SMILES string of the molecule is CCCCCOS(=O)(=O)NC. The van der Waals surface area contributed by atoms with Crippen LogP contribution in [0.1, 0.15) is 26.2 Å². The molecule has 0 aliphatic carbocycles. The van der Waals surface area contributed by atoms with Crippen molar-refractivity contribution in [1.82, 2.24) is 4.72 Å². The topological polar surface area (TPSA) is 55.4 Å². The number of nitrogens with one attached hydrogen (secondary N) is 1. The lowest BCUT2D eigenvalue weighted by Gasteiger charge is -2.01. The van der Waals surface area contributed by atoms with Gasteiger partial charge in [-0.05, 0) is 6.42 Å². The Bertz CT molecular complexity index is 176. The van der Waals surface area contributed by atoms with Gasteiger partial charge in [-0.15, -0.1) is 0 Å². The molecule has 0 bridgehead atoms. The molecule has 11 heavy (non-hydrogen) atoms. The molecule has 1 N–H and O–H groups in total. The Labute approximate surface area is 68.2 Å². The predicted molar refractivity (Wildman–Crippen MR) is 43.5 cm³/mol. The monoisotopic (exact) mass is 181 g/mol. The van der Waals surface area contributed by atoms with Crippen LogP contribution in [0.15, 0.2) is 0 Å². The maximum atomic E-state index is 10.6. The Morgan fingerprint density at radius 3 is 2.45 bits per heavy atom. The van der Waals surface area contributed by atoms with E-state index in [0.29, 0.717) is 0 Å². The smallest absolute Gasteiger partial charge is 0.258 e. The Balaban J connectivity index is 3.39. The van der Waals surface area contributed by atoms with Gasteiger partial charge in [0.2, 0.25) is 0 Å². The Kier molecular flexibility index (Phi) is 5.45.